The molecule has 4 nitrogen and oxygen atoms in total. The van der Waals surface area contributed by atoms with Crippen molar-refractivity contribution >= 4 is 0 Å². The number of fused-ring (bicyclic) bond motifs is 1. The summed E-state index contributed by atoms with van der Waals surface area (Å²) in [5.74, 6) is 0. The molecular formula is C16H25NO3. The molecule has 0 radical (unpaired) electrons. The third-order valence-electron chi connectivity index (χ3n) is 3.51. The molecule has 0 amide bonds. The molecule has 4 heteroatoms. The predicted octanol–water partition coefficient (Wildman–Crippen LogP) is 2.29. The highest BCUT2D eigenvalue weighted by Crippen LogP contribution is 2.24. The summed E-state index contributed by atoms with van der Waals surface area (Å²) >= 11 is 0. The van der Waals surface area contributed by atoms with Crippen LogP contribution in [0.2, 0.25) is 0 Å². The fraction of sp³-hybridized carbons (Fsp3) is 0.625. The first kappa shape index (κ1) is 15.4. The van der Waals surface area contributed by atoms with Gasteiger partial charge in [-0.2, -0.15) is 0 Å². The predicted molar refractivity (Wildman–Crippen MR) is 78.8 cm³/mol. The van der Waals surface area contributed by atoms with E-state index in [2.05, 4.69) is 29.6 Å². The molecule has 1 unspecified atom stereocenters. The molecule has 20 heavy (non-hydrogen) atoms. The summed E-state index contributed by atoms with van der Waals surface area (Å²) in [5, 5.41) is 3.57. The van der Waals surface area contributed by atoms with Gasteiger partial charge >= 0.3 is 0 Å². The second-order valence-corrected chi connectivity index (χ2v) is 5.03. The van der Waals surface area contributed by atoms with E-state index >= 15 is 0 Å². The molecule has 1 heterocycles. The van der Waals surface area contributed by atoms with Crippen molar-refractivity contribution in [1.82, 2.24) is 5.32 Å². The van der Waals surface area contributed by atoms with Gasteiger partial charge in [-0.05, 0) is 30.5 Å². The number of hydrogen-bond acceptors (Lipinski definition) is 4. The topological polar surface area (TPSA) is 39.7 Å². The smallest absolute Gasteiger partial charge is 0.0721 e. The fourth-order valence-electron chi connectivity index (χ4n) is 2.40. The standard InChI is InChI=1S/C16H25NO3/c1-18-10-11-19-9-5-4-8-17-16-13-20-12-14-6-2-3-7-15(14)16/h2-3,6-7,16-17H,4-5,8-13H2,1H3. The maximum atomic E-state index is 5.63. The SMILES string of the molecule is COCCOCCCCNC1COCc2ccccc21. The van der Waals surface area contributed by atoms with Gasteiger partial charge in [0.05, 0.1) is 32.5 Å². The van der Waals surface area contributed by atoms with Gasteiger partial charge in [0, 0.05) is 13.7 Å². The summed E-state index contributed by atoms with van der Waals surface area (Å²) in [4.78, 5) is 0. The molecule has 2 rings (SSSR count). The molecule has 0 aromatic heterocycles. The third-order valence-corrected chi connectivity index (χ3v) is 3.51. The minimum atomic E-state index is 0.328. The molecule has 0 saturated heterocycles. The first-order valence-electron chi connectivity index (χ1n) is 7.37. The van der Waals surface area contributed by atoms with Gasteiger partial charge in [0.2, 0.25) is 0 Å². The number of methoxy groups -OCH3 is 1. The average Bonchev–Trinajstić information content (AvgIpc) is 2.50. The minimum Gasteiger partial charge on any atom is -0.382 e. The Balaban J connectivity index is 1.61. The van der Waals surface area contributed by atoms with E-state index in [1.54, 1.807) is 7.11 Å². The van der Waals surface area contributed by atoms with Crippen molar-refractivity contribution in [2.24, 2.45) is 0 Å². The fourth-order valence-corrected chi connectivity index (χ4v) is 2.40. The molecule has 0 bridgehead atoms. The minimum absolute atomic E-state index is 0.328. The normalized spacial score (nSPS) is 17.9. The molecule has 112 valence electrons. The maximum absolute atomic E-state index is 5.63. The highest BCUT2D eigenvalue weighted by molar-refractivity contribution is 5.30. The van der Waals surface area contributed by atoms with Crippen LogP contribution in [-0.4, -0.2) is 40.1 Å². The Morgan fingerprint density at radius 3 is 3.00 bits per heavy atom. The number of nitrogens with one attached hydrogen (secondary N) is 1. The third kappa shape index (κ3) is 4.87. The average molecular weight is 279 g/mol. The van der Waals surface area contributed by atoms with Crippen molar-refractivity contribution in [2.45, 2.75) is 25.5 Å². The van der Waals surface area contributed by atoms with E-state index in [9.17, 15) is 0 Å². The zero-order chi connectivity index (χ0) is 14.0. The van der Waals surface area contributed by atoms with E-state index in [0.717, 1.165) is 39.2 Å². The highest BCUT2D eigenvalue weighted by atomic mass is 16.5. The van der Waals surface area contributed by atoms with Crippen molar-refractivity contribution in [3.63, 3.8) is 0 Å². The van der Waals surface area contributed by atoms with Gasteiger partial charge in [-0.3, -0.25) is 0 Å². The number of rotatable bonds is 9. The lowest BCUT2D eigenvalue weighted by molar-refractivity contribution is 0.0675. The number of unbranched alkanes of at least 4 members (excludes halogenated alkanes) is 1. The largest absolute Gasteiger partial charge is 0.382 e. The van der Waals surface area contributed by atoms with Gasteiger partial charge in [-0.15, -0.1) is 0 Å². The molecule has 0 saturated carbocycles. The molecule has 1 aliphatic rings. The second kappa shape index (κ2) is 9.08. The molecule has 0 aliphatic carbocycles. The lowest BCUT2D eigenvalue weighted by atomic mass is 9.99. The Kier molecular flexibility index (Phi) is 7.01. The van der Waals surface area contributed by atoms with Crippen molar-refractivity contribution < 1.29 is 14.2 Å². The number of ether oxygens (including phenoxy) is 3. The van der Waals surface area contributed by atoms with Gasteiger partial charge in [-0.1, -0.05) is 24.3 Å². The summed E-state index contributed by atoms with van der Waals surface area (Å²) in [7, 11) is 1.69. The van der Waals surface area contributed by atoms with Crippen LogP contribution < -0.4 is 5.32 Å². The van der Waals surface area contributed by atoms with Crippen LogP contribution in [0.4, 0.5) is 0 Å². The van der Waals surface area contributed by atoms with Crippen molar-refractivity contribution in [2.75, 3.05) is 40.1 Å². The molecule has 0 fully saturated rings. The zero-order valence-electron chi connectivity index (χ0n) is 12.3. The van der Waals surface area contributed by atoms with Crippen LogP contribution in [0.5, 0.6) is 0 Å². The maximum Gasteiger partial charge on any atom is 0.0721 e. The van der Waals surface area contributed by atoms with Crippen LogP contribution in [0.25, 0.3) is 0 Å². The summed E-state index contributed by atoms with van der Waals surface area (Å²) in [5.41, 5.74) is 2.69. The van der Waals surface area contributed by atoms with E-state index < -0.39 is 0 Å². The Bertz CT molecular complexity index is 384. The Morgan fingerprint density at radius 1 is 1.20 bits per heavy atom. The van der Waals surface area contributed by atoms with Crippen molar-refractivity contribution in [3.8, 4) is 0 Å². The number of hydrogen-bond donors (Lipinski definition) is 1. The van der Waals surface area contributed by atoms with Crippen molar-refractivity contribution in [1.29, 1.82) is 0 Å². The van der Waals surface area contributed by atoms with E-state index in [-0.39, 0.29) is 0 Å². The van der Waals surface area contributed by atoms with E-state index in [1.807, 2.05) is 0 Å². The van der Waals surface area contributed by atoms with E-state index in [0.29, 0.717) is 19.3 Å². The Hall–Kier alpha value is -0.940. The summed E-state index contributed by atoms with van der Waals surface area (Å²) < 4.78 is 16.0. The summed E-state index contributed by atoms with van der Waals surface area (Å²) in [6.45, 7) is 4.67. The van der Waals surface area contributed by atoms with Crippen molar-refractivity contribution in [3.05, 3.63) is 35.4 Å². The second-order valence-electron chi connectivity index (χ2n) is 5.03. The van der Waals surface area contributed by atoms with Crippen LogP contribution in [0.3, 0.4) is 0 Å². The first-order valence-corrected chi connectivity index (χ1v) is 7.37. The number of benzene rings is 1. The monoisotopic (exact) mass is 279 g/mol. The van der Waals surface area contributed by atoms with E-state index in [1.165, 1.54) is 11.1 Å². The Labute approximate surface area is 121 Å². The first-order chi connectivity index (χ1) is 9.92. The Morgan fingerprint density at radius 2 is 2.10 bits per heavy atom. The zero-order valence-corrected chi connectivity index (χ0v) is 12.3. The lowest BCUT2D eigenvalue weighted by Gasteiger charge is -2.26. The highest BCUT2D eigenvalue weighted by Gasteiger charge is 2.19. The van der Waals surface area contributed by atoms with Gasteiger partial charge < -0.3 is 19.5 Å². The van der Waals surface area contributed by atoms with Gasteiger partial charge in [0.1, 0.15) is 0 Å². The van der Waals surface area contributed by atoms with Gasteiger partial charge in [0.15, 0.2) is 0 Å². The quantitative estimate of drug-likeness (QED) is 0.704. The van der Waals surface area contributed by atoms with Crippen LogP contribution >= 0.6 is 0 Å². The van der Waals surface area contributed by atoms with Gasteiger partial charge in [0.25, 0.3) is 0 Å². The molecule has 1 aromatic carbocycles. The van der Waals surface area contributed by atoms with Gasteiger partial charge in [-0.25, -0.2) is 0 Å². The summed E-state index contributed by atoms with van der Waals surface area (Å²) in [6.07, 6.45) is 2.19. The molecule has 1 N–H and O–H groups in total. The molecule has 0 spiro atoms. The van der Waals surface area contributed by atoms with Crippen LogP contribution in [0.1, 0.15) is 30.0 Å². The lowest BCUT2D eigenvalue weighted by Crippen LogP contribution is -2.30. The summed E-state index contributed by atoms with van der Waals surface area (Å²) in [6, 6.07) is 8.84. The van der Waals surface area contributed by atoms with Crippen LogP contribution in [-0.2, 0) is 20.8 Å². The molecule has 1 atom stereocenters. The van der Waals surface area contributed by atoms with E-state index in [4.69, 9.17) is 14.2 Å². The van der Waals surface area contributed by atoms with Crippen LogP contribution in [0, 0.1) is 0 Å². The molecule has 1 aliphatic heterocycles. The molecular weight excluding hydrogens is 254 g/mol. The van der Waals surface area contributed by atoms with Crippen LogP contribution in [0.15, 0.2) is 24.3 Å². The molecule has 1 aromatic rings.